The average Bonchev–Trinajstić information content (AvgIpc) is 3.08. The first-order valence-electron chi connectivity index (χ1n) is 8.75. The van der Waals surface area contributed by atoms with E-state index in [0.29, 0.717) is 22.4 Å². The number of hydrogen-bond acceptors (Lipinski definition) is 5. The standard InChI is InChI=1S/C16H17F6N5O/c17-15(18,19)7-28-10-3-4-11(16(20,21)22)27-13(10)25-14(26-27)24-12-8-1-2-9(12)6-23-5-8/h3-4,8-9,12,23H,1-2,5-7H2,(H,24,26)/t8-,9+,12?. The van der Waals surface area contributed by atoms with Crippen LogP contribution < -0.4 is 15.4 Å². The number of piperidine rings is 1. The number of pyridine rings is 1. The summed E-state index contributed by atoms with van der Waals surface area (Å²) >= 11 is 0. The molecule has 0 radical (unpaired) electrons. The van der Waals surface area contributed by atoms with Gasteiger partial charge in [-0.1, -0.05) is 0 Å². The number of hydrogen-bond donors (Lipinski definition) is 2. The summed E-state index contributed by atoms with van der Waals surface area (Å²) in [7, 11) is 0. The van der Waals surface area contributed by atoms with Gasteiger partial charge in [-0.15, -0.1) is 5.10 Å². The van der Waals surface area contributed by atoms with Gasteiger partial charge in [0.15, 0.2) is 18.0 Å². The lowest BCUT2D eigenvalue weighted by Gasteiger charge is -2.30. The van der Waals surface area contributed by atoms with Gasteiger partial charge in [-0.05, 0) is 49.9 Å². The fourth-order valence-electron chi connectivity index (χ4n) is 3.96. The minimum atomic E-state index is -4.75. The summed E-state index contributed by atoms with van der Waals surface area (Å²) in [6.45, 7) is -0.0628. The van der Waals surface area contributed by atoms with Gasteiger partial charge in [0.25, 0.3) is 0 Å². The molecule has 0 spiro atoms. The van der Waals surface area contributed by atoms with Crippen LogP contribution in [0.4, 0.5) is 32.3 Å². The topological polar surface area (TPSA) is 63.5 Å². The van der Waals surface area contributed by atoms with E-state index in [1.54, 1.807) is 0 Å². The number of nitrogens with zero attached hydrogens (tertiary/aromatic N) is 3. The molecule has 2 aromatic rings. The molecule has 0 aromatic carbocycles. The Morgan fingerprint density at radius 2 is 1.79 bits per heavy atom. The van der Waals surface area contributed by atoms with E-state index >= 15 is 0 Å². The van der Waals surface area contributed by atoms with Crippen molar-refractivity contribution in [3.8, 4) is 5.75 Å². The Kier molecular flexibility index (Phi) is 4.55. The number of alkyl halides is 6. The minimum Gasteiger partial charge on any atom is -0.480 e. The van der Waals surface area contributed by atoms with Gasteiger partial charge in [-0.25, -0.2) is 4.52 Å². The van der Waals surface area contributed by atoms with Crippen molar-refractivity contribution in [2.75, 3.05) is 25.0 Å². The smallest absolute Gasteiger partial charge is 0.433 e. The molecule has 3 heterocycles. The fraction of sp³-hybridized carbons (Fsp3) is 0.625. The number of anilines is 1. The summed E-state index contributed by atoms with van der Waals surface area (Å²) in [5.41, 5.74) is -1.56. The van der Waals surface area contributed by atoms with Gasteiger partial charge in [0.05, 0.1) is 0 Å². The maximum Gasteiger partial charge on any atom is 0.433 e. The van der Waals surface area contributed by atoms with Crippen LogP contribution in [0.25, 0.3) is 5.65 Å². The first-order valence-corrected chi connectivity index (χ1v) is 8.75. The molecule has 2 N–H and O–H groups in total. The van der Waals surface area contributed by atoms with Crippen LogP contribution in [0.2, 0.25) is 0 Å². The Labute approximate surface area is 155 Å². The lowest BCUT2D eigenvalue weighted by Crippen LogP contribution is -2.45. The highest BCUT2D eigenvalue weighted by atomic mass is 19.4. The molecule has 4 rings (SSSR count). The molecular formula is C16H17F6N5O. The van der Waals surface area contributed by atoms with E-state index in [4.69, 9.17) is 0 Å². The third-order valence-electron chi connectivity index (χ3n) is 5.16. The summed E-state index contributed by atoms with van der Waals surface area (Å²) in [6.07, 6.45) is -7.42. The van der Waals surface area contributed by atoms with E-state index in [1.165, 1.54) is 0 Å². The number of ether oxygens (including phenoxy) is 1. The van der Waals surface area contributed by atoms with Crippen molar-refractivity contribution >= 4 is 11.6 Å². The van der Waals surface area contributed by atoms with E-state index < -0.39 is 36.1 Å². The van der Waals surface area contributed by atoms with E-state index in [2.05, 4.69) is 25.5 Å². The molecule has 2 bridgehead atoms. The maximum absolute atomic E-state index is 13.3. The summed E-state index contributed by atoms with van der Waals surface area (Å²) in [5.74, 6) is 0.123. The summed E-state index contributed by atoms with van der Waals surface area (Å²) in [6, 6.07) is 1.47. The Hall–Kier alpha value is -2.24. The van der Waals surface area contributed by atoms with E-state index in [0.717, 1.165) is 32.0 Å². The van der Waals surface area contributed by atoms with Crippen molar-refractivity contribution in [2.24, 2.45) is 11.8 Å². The largest absolute Gasteiger partial charge is 0.480 e. The average molecular weight is 409 g/mol. The van der Waals surface area contributed by atoms with Crippen LogP contribution in [0, 0.1) is 11.8 Å². The second kappa shape index (κ2) is 6.68. The van der Waals surface area contributed by atoms with Gasteiger partial charge in [0, 0.05) is 6.04 Å². The van der Waals surface area contributed by atoms with Gasteiger partial charge in [0.2, 0.25) is 5.95 Å². The van der Waals surface area contributed by atoms with Crippen LogP contribution in [0.3, 0.4) is 0 Å². The van der Waals surface area contributed by atoms with Crippen molar-refractivity contribution in [1.29, 1.82) is 0 Å². The fourth-order valence-corrected chi connectivity index (χ4v) is 3.96. The molecule has 6 nitrogen and oxygen atoms in total. The lowest BCUT2D eigenvalue weighted by molar-refractivity contribution is -0.153. The SMILES string of the molecule is FC(F)(F)COc1ccc(C(F)(F)F)n2nc(NC3[C@@H]4CC[C@H]3CNC4)nc12. The number of halogens is 6. The number of aromatic nitrogens is 3. The molecule has 0 amide bonds. The Morgan fingerprint density at radius 1 is 1.11 bits per heavy atom. The second-order valence-electron chi connectivity index (χ2n) is 7.08. The molecule has 1 saturated heterocycles. The van der Waals surface area contributed by atoms with E-state index in [-0.39, 0.29) is 12.0 Å². The highest BCUT2D eigenvalue weighted by molar-refractivity contribution is 5.57. The first-order chi connectivity index (χ1) is 13.1. The van der Waals surface area contributed by atoms with Crippen molar-refractivity contribution in [2.45, 2.75) is 31.2 Å². The molecule has 12 heteroatoms. The Morgan fingerprint density at radius 3 is 2.39 bits per heavy atom. The van der Waals surface area contributed by atoms with Crippen molar-refractivity contribution in [3.05, 3.63) is 17.8 Å². The second-order valence-corrected chi connectivity index (χ2v) is 7.08. The monoisotopic (exact) mass is 409 g/mol. The van der Waals surface area contributed by atoms with Gasteiger partial charge in [-0.2, -0.15) is 31.3 Å². The molecular weight excluding hydrogens is 392 g/mol. The zero-order valence-electron chi connectivity index (χ0n) is 14.4. The van der Waals surface area contributed by atoms with Crippen molar-refractivity contribution in [1.82, 2.24) is 19.9 Å². The molecule has 3 atom stereocenters. The molecule has 2 fully saturated rings. The molecule has 1 unspecified atom stereocenters. The minimum absolute atomic E-state index is 0.00698. The number of rotatable bonds is 4. The Balaban J connectivity index is 1.68. The zero-order valence-corrected chi connectivity index (χ0v) is 14.4. The zero-order chi connectivity index (χ0) is 20.1. The van der Waals surface area contributed by atoms with Gasteiger partial charge >= 0.3 is 12.4 Å². The molecule has 154 valence electrons. The summed E-state index contributed by atoms with van der Waals surface area (Å²) in [4.78, 5) is 4.01. The predicted molar refractivity (Wildman–Crippen MR) is 86.0 cm³/mol. The van der Waals surface area contributed by atoms with Gasteiger partial charge in [0.1, 0.15) is 5.69 Å². The predicted octanol–water partition coefficient (Wildman–Crippen LogP) is 3.10. The third-order valence-corrected chi connectivity index (χ3v) is 5.16. The van der Waals surface area contributed by atoms with Crippen LogP contribution in [0.1, 0.15) is 18.5 Å². The number of nitrogens with one attached hydrogen (secondary N) is 2. The highest BCUT2D eigenvalue weighted by Gasteiger charge is 2.40. The maximum atomic E-state index is 13.3. The molecule has 1 saturated carbocycles. The molecule has 2 aromatic heterocycles. The van der Waals surface area contributed by atoms with Crippen LogP contribution in [-0.2, 0) is 6.18 Å². The first kappa shape index (κ1) is 19.1. The summed E-state index contributed by atoms with van der Waals surface area (Å²) in [5, 5.41) is 10.2. The van der Waals surface area contributed by atoms with E-state index in [1.807, 2.05) is 0 Å². The van der Waals surface area contributed by atoms with Crippen LogP contribution in [0.5, 0.6) is 5.75 Å². The Bertz CT molecular complexity index is 848. The molecule has 1 aliphatic carbocycles. The molecule has 28 heavy (non-hydrogen) atoms. The van der Waals surface area contributed by atoms with Gasteiger partial charge < -0.3 is 15.4 Å². The van der Waals surface area contributed by atoms with Crippen molar-refractivity contribution < 1.29 is 31.1 Å². The lowest BCUT2D eigenvalue weighted by atomic mass is 9.94. The van der Waals surface area contributed by atoms with Crippen LogP contribution in [0.15, 0.2) is 12.1 Å². The van der Waals surface area contributed by atoms with Gasteiger partial charge in [-0.3, -0.25) is 0 Å². The molecule has 1 aliphatic heterocycles. The number of fused-ring (bicyclic) bond motifs is 3. The summed E-state index contributed by atoms with van der Waals surface area (Å²) < 4.78 is 82.4. The van der Waals surface area contributed by atoms with Crippen LogP contribution >= 0.6 is 0 Å². The van der Waals surface area contributed by atoms with Crippen LogP contribution in [-0.4, -0.2) is 46.5 Å². The molecule has 2 aliphatic rings. The highest BCUT2D eigenvalue weighted by Crippen LogP contribution is 2.36. The quantitative estimate of drug-likeness (QED) is 0.760. The third kappa shape index (κ3) is 3.69. The van der Waals surface area contributed by atoms with Crippen molar-refractivity contribution in [3.63, 3.8) is 0 Å². The normalized spacial score (nSPS) is 25.3. The van der Waals surface area contributed by atoms with E-state index in [9.17, 15) is 26.3 Å².